The molecular formula is C21H23N5O4. The quantitative estimate of drug-likeness (QED) is 0.450. The van der Waals surface area contributed by atoms with E-state index in [1.54, 1.807) is 19.2 Å². The van der Waals surface area contributed by atoms with Gasteiger partial charge < -0.3 is 14.1 Å². The summed E-state index contributed by atoms with van der Waals surface area (Å²) < 4.78 is 11.1. The van der Waals surface area contributed by atoms with Gasteiger partial charge in [-0.05, 0) is 43.3 Å². The fourth-order valence-corrected chi connectivity index (χ4v) is 3.56. The van der Waals surface area contributed by atoms with Gasteiger partial charge in [-0.15, -0.1) is 10.2 Å². The van der Waals surface area contributed by atoms with Gasteiger partial charge in [0.1, 0.15) is 5.75 Å². The van der Waals surface area contributed by atoms with Crippen LogP contribution in [0.1, 0.15) is 18.9 Å². The van der Waals surface area contributed by atoms with Crippen molar-refractivity contribution in [2.75, 3.05) is 38.2 Å². The van der Waals surface area contributed by atoms with Crippen molar-refractivity contribution in [1.82, 2.24) is 15.1 Å². The van der Waals surface area contributed by atoms with E-state index < -0.39 is 4.92 Å². The predicted octanol–water partition coefficient (Wildman–Crippen LogP) is 3.54. The molecule has 30 heavy (non-hydrogen) atoms. The predicted molar refractivity (Wildman–Crippen MR) is 112 cm³/mol. The van der Waals surface area contributed by atoms with E-state index in [9.17, 15) is 10.1 Å². The highest BCUT2D eigenvalue weighted by molar-refractivity contribution is 5.55. The molecule has 1 aliphatic rings. The standard InChI is InChI=1S/C21H23N5O4/c1-15(20-22-23-21(30-20)16-3-5-18(6-4-16)26(27)28)24-11-13-25(14-12-24)17-7-9-19(29-2)10-8-17/h3-10,15H,11-14H2,1-2H3/t15-/m1/s1. The summed E-state index contributed by atoms with van der Waals surface area (Å²) >= 11 is 0. The summed E-state index contributed by atoms with van der Waals surface area (Å²) in [7, 11) is 1.67. The largest absolute Gasteiger partial charge is 0.497 e. The first kappa shape index (κ1) is 19.8. The first-order chi connectivity index (χ1) is 14.5. The third-order valence-corrected chi connectivity index (χ3v) is 5.42. The van der Waals surface area contributed by atoms with Crippen LogP contribution in [0.4, 0.5) is 11.4 Å². The Hall–Kier alpha value is -3.46. The fourth-order valence-electron chi connectivity index (χ4n) is 3.56. The Morgan fingerprint density at radius 1 is 1.03 bits per heavy atom. The Bertz CT molecular complexity index is 995. The van der Waals surface area contributed by atoms with Crippen LogP contribution in [0.3, 0.4) is 0 Å². The van der Waals surface area contributed by atoms with Crippen LogP contribution in [-0.2, 0) is 0 Å². The molecule has 1 atom stereocenters. The van der Waals surface area contributed by atoms with E-state index in [4.69, 9.17) is 9.15 Å². The second kappa shape index (κ2) is 8.50. The minimum atomic E-state index is -0.434. The number of nitro benzene ring substituents is 1. The smallest absolute Gasteiger partial charge is 0.269 e. The molecule has 0 aliphatic carbocycles. The van der Waals surface area contributed by atoms with E-state index in [2.05, 4.69) is 39.1 Å². The van der Waals surface area contributed by atoms with Crippen molar-refractivity contribution in [2.24, 2.45) is 0 Å². The summed E-state index contributed by atoms with van der Waals surface area (Å²) in [5.41, 5.74) is 1.87. The lowest BCUT2D eigenvalue weighted by atomic mass is 10.2. The van der Waals surface area contributed by atoms with Gasteiger partial charge in [0, 0.05) is 49.6 Å². The minimum Gasteiger partial charge on any atom is -0.497 e. The lowest BCUT2D eigenvalue weighted by Crippen LogP contribution is -2.47. The number of rotatable bonds is 6. The first-order valence-corrected chi connectivity index (χ1v) is 9.76. The molecule has 2 aromatic carbocycles. The van der Waals surface area contributed by atoms with Crippen molar-refractivity contribution < 1.29 is 14.1 Å². The topological polar surface area (TPSA) is 97.8 Å². The summed E-state index contributed by atoms with van der Waals surface area (Å²) in [6.45, 7) is 5.61. The van der Waals surface area contributed by atoms with Crippen molar-refractivity contribution in [3.8, 4) is 17.2 Å². The van der Waals surface area contributed by atoms with Gasteiger partial charge in [-0.25, -0.2) is 0 Å². The molecule has 0 amide bonds. The molecule has 0 spiro atoms. The molecule has 1 aliphatic heterocycles. The number of methoxy groups -OCH3 is 1. The molecule has 1 fully saturated rings. The highest BCUT2D eigenvalue weighted by Crippen LogP contribution is 2.27. The highest BCUT2D eigenvalue weighted by Gasteiger charge is 2.26. The van der Waals surface area contributed by atoms with Gasteiger partial charge in [0.2, 0.25) is 11.8 Å². The summed E-state index contributed by atoms with van der Waals surface area (Å²) in [5, 5.41) is 19.1. The minimum absolute atomic E-state index is 0.0117. The number of nitrogens with zero attached hydrogens (tertiary/aromatic N) is 5. The summed E-state index contributed by atoms with van der Waals surface area (Å²) in [4.78, 5) is 15.0. The monoisotopic (exact) mass is 409 g/mol. The number of hydrogen-bond acceptors (Lipinski definition) is 8. The van der Waals surface area contributed by atoms with Gasteiger partial charge in [-0.2, -0.15) is 0 Å². The number of hydrogen-bond donors (Lipinski definition) is 0. The molecule has 9 nitrogen and oxygen atoms in total. The second-order valence-electron chi connectivity index (χ2n) is 7.15. The number of non-ortho nitro benzene ring substituents is 1. The van der Waals surface area contributed by atoms with Gasteiger partial charge in [0.05, 0.1) is 18.1 Å². The van der Waals surface area contributed by atoms with Crippen molar-refractivity contribution in [3.63, 3.8) is 0 Å². The third-order valence-electron chi connectivity index (χ3n) is 5.42. The van der Waals surface area contributed by atoms with Crippen LogP contribution in [0.2, 0.25) is 0 Å². The average molecular weight is 409 g/mol. The van der Waals surface area contributed by atoms with Gasteiger partial charge in [-0.3, -0.25) is 15.0 Å². The third kappa shape index (κ3) is 4.11. The molecular weight excluding hydrogens is 386 g/mol. The first-order valence-electron chi connectivity index (χ1n) is 9.76. The van der Waals surface area contributed by atoms with Crippen LogP contribution in [0, 0.1) is 10.1 Å². The van der Waals surface area contributed by atoms with Crippen LogP contribution >= 0.6 is 0 Å². The number of aromatic nitrogens is 2. The number of anilines is 1. The molecule has 0 saturated carbocycles. The molecule has 0 bridgehead atoms. The molecule has 9 heteroatoms. The summed E-state index contributed by atoms with van der Waals surface area (Å²) in [6.07, 6.45) is 0. The lowest BCUT2D eigenvalue weighted by molar-refractivity contribution is -0.384. The van der Waals surface area contributed by atoms with E-state index in [1.165, 1.54) is 17.8 Å². The molecule has 1 aromatic heterocycles. The number of benzene rings is 2. The average Bonchev–Trinajstić information content (AvgIpc) is 3.29. The van der Waals surface area contributed by atoms with Gasteiger partial charge in [0.15, 0.2) is 0 Å². The number of nitro groups is 1. The molecule has 1 saturated heterocycles. The Morgan fingerprint density at radius 3 is 2.30 bits per heavy atom. The Kier molecular flexibility index (Phi) is 5.62. The Morgan fingerprint density at radius 2 is 1.70 bits per heavy atom. The van der Waals surface area contributed by atoms with E-state index in [0.717, 1.165) is 31.9 Å². The van der Waals surface area contributed by atoms with Crippen molar-refractivity contribution in [3.05, 3.63) is 64.5 Å². The SMILES string of the molecule is COc1ccc(N2CCN([C@H](C)c3nnc(-c4ccc([N+](=O)[O-])cc4)o3)CC2)cc1. The Labute approximate surface area is 174 Å². The molecule has 0 unspecified atom stereocenters. The van der Waals surface area contributed by atoms with Gasteiger partial charge >= 0.3 is 0 Å². The maximum atomic E-state index is 10.8. The maximum absolute atomic E-state index is 10.8. The van der Waals surface area contributed by atoms with E-state index in [-0.39, 0.29) is 11.7 Å². The van der Waals surface area contributed by atoms with Crippen LogP contribution in [0.15, 0.2) is 52.9 Å². The summed E-state index contributed by atoms with van der Waals surface area (Å²) in [5.74, 6) is 1.76. The molecule has 156 valence electrons. The molecule has 0 N–H and O–H groups in total. The van der Waals surface area contributed by atoms with Crippen molar-refractivity contribution in [2.45, 2.75) is 13.0 Å². The summed E-state index contributed by atoms with van der Waals surface area (Å²) in [6, 6.07) is 14.2. The highest BCUT2D eigenvalue weighted by atomic mass is 16.6. The van der Waals surface area contributed by atoms with Gasteiger partial charge in [-0.1, -0.05) is 0 Å². The number of piperazine rings is 1. The maximum Gasteiger partial charge on any atom is 0.269 e. The van der Waals surface area contributed by atoms with Crippen molar-refractivity contribution >= 4 is 11.4 Å². The van der Waals surface area contributed by atoms with E-state index >= 15 is 0 Å². The molecule has 4 rings (SSSR count). The molecule has 2 heterocycles. The van der Waals surface area contributed by atoms with E-state index in [1.807, 2.05) is 12.1 Å². The van der Waals surface area contributed by atoms with E-state index in [0.29, 0.717) is 17.3 Å². The molecule has 0 radical (unpaired) electrons. The van der Waals surface area contributed by atoms with Crippen LogP contribution in [0.25, 0.3) is 11.5 Å². The lowest BCUT2D eigenvalue weighted by Gasteiger charge is -2.38. The Balaban J connectivity index is 1.38. The zero-order valence-electron chi connectivity index (χ0n) is 16.9. The zero-order valence-corrected chi connectivity index (χ0v) is 16.9. The van der Waals surface area contributed by atoms with Crippen LogP contribution in [0.5, 0.6) is 5.75 Å². The van der Waals surface area contributed by atoms with Gasteiger partial charge in [0.25, 0.3) is 5.69 Å². The van der Waals surface area contributed by atoms with Crippen molar-refractivity contribution in [1.29, 1.82) is 0 Å². The number of ether oxygens (including phenoxy) is 1. The normalized spacial score (nSPS) is 15.7. The second-order valence-corrected chi connectivity index (χ2v) is 7.15. The van der Waals surface area contributed by atoms with Crippen LogP contribution < -0.4 is 9.64 Å². The molecule has 3 aromatic rings. The van der Waals surface area contributed by atoms with Crippen LogP contribution in [-0.4, -0.2) is 53.3 Å². The zero-order chi connectivity index (χ0) is 21.1. The fraction of sp³-hybridized carbons (Fsp3) is 0.333.